The Bertz CT molecular complexity index is 437. The van der Waals surface area contributed by atoms with Crippen LogP contribution in [0.4, 0.5) is 0 Å². The molecule has 108 valence electrons. The average Bonchev–Trinajstić information content (AvgIpc) is 2.77. The van der Waals surface area contributed by atoms with Crippen molar-refractivity contribution in [3.05, 3.63) is 16.4 Å². The molecule has 0 spiro atoms. The van der Waals surface area contributed by atoms with E-state index in [2.05, 4.69) is 21.0 Å². The van der Waals surface area contributed by atoms with E-state index >= 15 is 0 Å². The Hall–Kier alpha value is -0.680. The highest BCUT2D eigenvalue weighted by atomic mass is 79.9. The van der Waals surface area contributed by atoms with E-state index in [9.17, 15) is 4.79 Å². The maximum absolute atomic E-state index is 12.9. The fourth-order valence-electron chi connectivity index (χ4n) is 2.28. The van der Waals surface area contributed by atoms with Gasteiger partial charge in [-0.05, 0) is 49.5 Å². The van der Waals surface area contributed by atoms with Gasteiger partial charge in [-0.1, -0.05) is 13.8 Å². The summed E-state index contributed by atoms with van der Waals surface area (Å²) < 4.78 is 8.28. The predicted molar refractivity (Wildman–Crippen MR) is 79.6 cm³/mol. The van der Waals surface area contributed by atoms with Gasteiger partial charge in [0.1, 0.15) is 11.3 Å². The van der Waals surface area contributed by atoms with Gasteiger partial charge in [-0.15, -0.1) is 0 Å². The van der Waals surface area contributed by atoms with Crippen molar-refractivity contribution in [2.45, 2.75) is 59.1 Å². The summed E-state index contributed by atoms with van der Waals surface area (Å²) in [4.78, 5) is 12.9. The number of hydrogen-bond acceptors (Lipinski definition) is 3. The van der Waals surface area contributed by atoms with Gasteiger partial charge < -0.3 is 4.74 Å². The standard InChI is InChI=1S/C14H23BrN2O2/c1-6-14(7-2,19-8-3)13(18)12-11(15)9-16-17(12)10(4)5/h9-10H,6-8H2,1-5H3. The molecule has 0 aliphatic rings. The lowest BCUT2D eigenvalue weighted by atomic mass is 9.89. The number of hydrogen-bond donors (Lipinski definition) is 0. The summed E-state index contributed by atoms with van der Waals surface area (Å²) in [5.41, 5.74) is -0.142. The van der Waals surface area contributed by atoms with Crippen molar-refractivity contribution >= 4 is 21.7 Å². The van der Waals surface area contributed by atoms with Gasteiger partial charge in [0.25, 0.3) is 0 Å². The van der Waals surface area contributed by atoms with Crippen LogP contribution >= 0.6 is 15.9 Å². The summed E-state index contributed by atoms with van der Waals surface area (Å²) >= 11 is 3.43. The Kier molecular flexibility index (Phi) is 5.74. The van der Waals surface area contributed by atoms with Crippen LogP contribution in [0.3, 0.4) is 0 Å². The molecule has 0 aliphatic carbocycles. The zero-order chi connectivity index (χ0) is 14.6. The first kappa shape index (κ1) is 16.4. The lowest BCUT2D eigenvalue weighted by molar-refractivity contribution is -0.0258. The molecule has 5 heteroatoms. The second kappa shape index (κ2) is 6.66. The van der Waals surface area contributed by atoms with E-state index < -0.39 is 5.60 Å². The summed E-state index contributed by atoms with van der Waals surface area (Å²) in [7, 11) is 0. The molecule has 19 heavy (non-hydrogen) atoms. The maximum Gasteiger partial charge on any atom is 0.213 e. The lowest BCUT2D eigenvalue weighted by Crippen LogP contribution is -2.42. The number of carbonyl (C=O) groups excluding carboxylic acids is 1. The topological polar surface area (TPSA) is 44.1 Å². The molecule has 0 unspecified atom stereocenters. The minimum atomic E-state index is -0.746. The van der Waals surface area contributed by atoms with E-state index in [1.54, 1.807) is 10.9 Å². The number of ketones is 1. The number of halogens is 1. The Morgan fingerprint density at radius 1 is 1.42 bits per heavy atom. The second-order valence-electron chi connectivity index (χ2n) is 4.84. The van der Waals surface area contributed by atoms with E-state index in [0.717, 1.165) is 4.47 Å². The summed E-state index contributed by atoms with van der Waals surface area (Å²) in [5, 5.41) is 4.27. The number of Topliss-reactive ketones (excluding diaryl/α,β-unsaturated/α-hetero) is 1. The van der Waals surface area contributed by atoms with E-state index in [1.807, 2.05) is 34.6 Å². The molecule has 0 aliphatic heterocycles. The highest BCUT2D eigenvalue weighted by molar-refractivity contribution is 9.10. The van der Waals surface area contributed by atoms with Gasteiger partial charge in [0.05, 0.1) is 10.7 Å². The van der Waals surface area contributed by atoms with Crippen LogP contribution in [0, 0.1) is 0 Å². The molecule has 0 N–H and O–H groups in total. The zero-order valence-corrected chi connectivity index (χ0v) is 14.0. The van der Waals surface area contributed by atoms with Gasteiger partial charge in [-0.3, -0.25) is 9.48 Å². The molecule has 0 amide bonds. The summed E-state index contributed by atoms with van der Waals surface area (Å²) in [6.07, 6.45) is 2.99. The molecular formula is C14H23BrN2O2. The van der Waals surface area contributed by atoms with Gasteiger partial charge in [0.2, 0.25) is 5.78 Å². The van der Waals surface area contributed by atoms with Crippen LogP contribution in [0.2, 0.25) is 0 Å². The molecule has 1 heterocycles. The molecule has 0 saturated heterocycles. The van der Waals surface area contributed by atoms with E-state index in [-0.39, 0.29) is 11.8 Å². The second-order valence-corrected chi connectivity index (χ2v) is 5.70. The number of carbonyl (C=O) groups is 1. The zero-order valence-electron chi connectivity index (χ0n) is 12.4. The molecule has 0 radical (unpaired) electrons. The largest absolute Gasteiger partial charge is 0.367 e. The van der Waals surface area contributed by atoms with Crippen molar-refractivity contribution in [1.29, 1.82) is 0 Å². The van der Waals surface area contributed by atoms with Crippen LogP contribution in [0.1, 0.15) is 64.0 Å². The molecule has 1 aromatic heterocycles. The van der Waals surface area contributed by atoms with Crippen LogP contribution < -0.4 is 0 Å². The minimum absolute atomic E-state index is 0.0115. The molecule has 0 aromatic carbocycles. The highest BCUT2D eigenvalue weighted by Crippen LogP contribution is 2.30. The van der Waals surface area contributed by atoms with E-state index in [4.69, 9.17) is 4.74 Å². The van der Waals surface area contributed by atoms with Crippen LogP contribution in [0.15, 0.2) is 10.7 Å². The van der Waals surface area contributed by atoms with E-state index in [0.29, 0.717) is 25.1 Å². The molecule has 0 bridgehead atoms. The van der Waals surface area contributed by atoms with Gasteiger partial charge in [0.15, 0.2) is 0 Å². The molecule has 0 saturated carbocycles. The third kappa shape index (κ3) is 3.08. The predicted octanol–water partition coefficient (Wildman–Crippen LogP) is 4.00. The Morgan fingerprint density at radius 2 is 2.00 bits per heavy atom. The monoisotopic (exact) mass is 330 g/mol. The van der Waals surface area contributed by atoms with Crippen molar-refractivity contribution in [3.63, 3.8) is 0 Å². The first-order valence-electron chi connectivity index (χ1n) is 6.85. The van der Waals surface area contributed by atoms with E-state index in [1.165, 1.54) is 0 Å². The van der Waals surface area contributed by atoms with Crippen molar-refractivity contribution in [1.82, 2.24) is 9.78 Å². The molecule has 0 fully saturated rings. The first-order valence-corrected chi connectivity index (χ1v) is 7.64. The average molecular weight is 331 g/mol. The van der Waals surface area contributed by atoms with Gasteiger partial charge in [-0.2, -0.15) is 5.10 Å². The maximum atomic E-state index is 12.9. The van der Waals surface area contributed by atoms with Crippen LogP contribution in [-0.2, 0) is 4.74 Å². The molecule has 4 nitrogen and oxygen atoms in total. The Morgan fingerprint density at radius 3 is 2.42 bits per heavy atom. The molecule has 0 atom stereocenters. The molecule has 1 aromatic rings. The molecule has 1 rings (SSSR count). The van der Waals surface area contributed by atoms with Crippen LogP contribution in [0.5, 0.6) is 0 Å². The van der Waals surface area contributed by atoms with Crippen molar-refractivity contribution in [3.8, 4) is 0 Å². The van der Waals surface area contributed by atoms with Crippen molar-refractivity contribution < 1.29 is 9.53 Å². The minimum Gasteiger partial charge on any atom is -0.367 e. The number of ether oxygens (including phenoxy) is 1. The van der Waals surface area contributed by atoms with Gasteiger partial charge >= 0.3 is 0 Å². The fraction of sp³-hybridized carbons (Fsp3) is 0.714. The number of rotatable bonds is 7. The lowest BCUT2D eigenvalue weighted by Gasteiger charge is -2.30. The van der Waals surface area contributed by atoms with Crippen LogP contribution in [-0.4, -0.2) is 27.8 Å². The Balaban J connectivity index is 3.27. The number of aromatic nitrogens is 2. The van der Waals surface area contributed by atoms with Gasteiger partial charge in [0, 0.05) is 12.6 Å². The first-order chi connectivity index (χ1) is 8.93. The van der Waals surface area contributed by atoms with Crippen molar-refractivity contribution in [2.24, 2.45) is 0 Å². The normalized spacial score (nSPS) is 12.2. The van der Waals surface area contributed by atoms with Crippen LogP contribution in [0.25, 0.3) is 0 Å². The Labute approximate surface area is 123 Å². The SMILES string of the molecule is CCOC(CC)(CC)C(=O)c1c(Br)cnn1C(C)C. The summed E-state index contributed by atoms with van der Waals surface area (Å²) in [6, 6.07) is 0.137. The smallest absolute Gasteiger partial charge is 0.213 e. The quantitative estimate of drug-likeness (QED) is 0.709. The number of nitrogens with zero attached hydrogens (tertiary/aromatic N) is 2. The van der Waals surface area contributed by atoms with Gasteiger partial charge in [-0.25, -0.2) is 0 Å². The van der Waals surface area contributed by atoms with Crippen molar-refractivity contribution in [2.75, 3.05) is 6.61 Å². The summed E-state index contributed by atoms with van der Waals surface area (Å²) in [6.45, 7) is 10.4. The highest BCUT2D eigenvalue weighted by Gasteiger charge is 2.39. The third-order valence-electron chi connectivity index (χ3n) is 3.43. The molecular weight excluding hydrogens is 308 g/mol. The third-order valence-corrected chi connectivity index (χ3v) is 4.01. The summed E-state index contributed by atoms with van der Waals surface area (Å²) in [5.74, 6) is 0.0115. The fourth-order valence-corrected chi connectivity index (χ4v) is 2.73.